The van der Waals surface area contributed by atoms with Crippen molar-refractivity contribution in [2.45, 2.75) is 12.3 Å². The third kappa shape index (κ3) is 5.02. The SMILES string of the molecule is O=C(NCCc1ccc([N+](=O)[O-])cc1)C(CI)c1ccccc1. The quantitative estimate of drug-likeness (QED) is 0.320. The molecular weight excluding hydrogens is 407 g/mol. The van der Waals surface area contributed by atoms with E-state index in [-0.39, 0.29) is 17.5 Å². The van der Waals surface area contributed by atoms with Crippen molar-refractivity contribution in [3.63, 3.8) is 0 Å². The molecule has 0 saturated carbocycles. The monoisotopic (exact) mass is 424 g/mol. The molecule has 0 aliphatic heterocycles. The molecule has 0 radical (unpaired) electrons. The van der Waals surface area contributed by atoms with Crippen LogP contribution in [0.2, 0.25) is 0 Å². The minimum Gasteiger partial charge on any atom is -0.355 e. The van der Waals surface area contributed by atoms with Gasteiger partial charge in [-0.2, -0.15) is 0 Å². The summed E-state index contributed by atoms with van der Waals surface area (Å²) in [6.45, 7) is 0.511. The van der Waals surface area contributed by atoms with Gasteiger partial charge >= 0.3 is 0 Å². The summed E-state index contributed by atoms with van der Waals surface area (Å²) in [4.78, 5) is 22.5. The van der Waals surface area contributed by atoms with Gasteiger partial charge in [-0.1, -0.05) is 65.1 Å². The van der Waals surface area contributed by atoms with Gasteiger partial charge in [-0.25, -0.2) is 0 Å². The molecule has 2 aromatic rings. The average molecular weight is 424 g/mol. The van der Waals surface area contributed by atoms with Gasteiger partial charge in [0.2, 0.25) is 5.91 Å². The van der Waals surface area contributed by atoms with Gasteiger partial charge in [0.25, 0.3) is 5.69 Å². The van der Waals surface area contributed by atoms with E-state index in [1.807, 2.05) is 30.3 Å². The summed E-state index contributed by atoms with van der Waals surface area (Å²) >= 11 is 2.22. The van der Waals surface area contributed by atoms with Gasteiger partial charge in [-0.15, -0.1) is 0 Å². The number of alkyl halides is 1. The summed E-state index contributed by atoms with van der Waals surface area (Å²) in [6.07, 6.45) is 0.645. The first-order valence-electron chi connectivity index (χ1n) is 7.23. The molecule has 1 unspecified atom stereocenters. The lowest BCUT2D eigenvalue weighted by atomic mass is 10.0. The third-order valence-corrected chi connectivity index (χ3v) is 4.41. The summed E-state index contributed by atoms with van der Waals surface area (Å²) in [5.41, 5.74) is 2.04. The van der Waals surface area contributed by atoms with Crippen LogP contribution in [0, 0.1) is 10.1 Å². The summed E-state index contributed by atoms with van der Waals surface area (Å²) in [5.74, 6) is -0.152. The largest absolute Gasteiger partial charge is 0.355 e. The van der Waals surface area contributed by atoms with E-state index in [1.54, 1.807) is 12.1 Å². The van der Waals surface area contributed by atoms with Gasteiger partial charge in [0.1, 0.15) is 0 Å². The molecule has 0 fully saturated rings. The lowest BCUT2D eigenvalue weighted by Gasteiger charge is -2.14. The Labute approximate surface area is 148 Å². The lowest BCUT2D eigenvalue weighted by Crippen LogP contribution is -2.31. The second kappa shape index (κ2) is 8.61. The number of hydrogen-bond donors (Lipinski definition) is 1. The van der Waals surface area contributed by atoms with Crippen molar-refractivity contribution in [3.8, 4) is 0 Å². The number of benzene rings is 2. The van der Waals surface area contributed by atoms with Crippen molar-refractivity contribution in [3.05, 3.63) is 75.8 Å². The lowest BCUT2D eigenvalue weighted by molar-refractivity contribution is -0.384. The van der Waals surface area contributed by atoms with Gasteiger partial charge in [0.05, 0.1) is 10.8 Å². The number of carbonyl (C=O) groups excluding carboxylic acids is 1. The van der Waals surface area contributed by atoms with Crippen LogP contribution in [-0.2, 0) is 11.2 Å². The van der Waals surface area contributed by atoms with E-state index >= 15 is 0 Å². The van der Waals surface area contributed by atoms with Crippen LogP contribution in [0.15, 0.2) is 54.6 Å². The number of non-ortho nitro benzene ring substituents is 1. The molecule has 1 atom stereocenters. The molecule has 0 bridgehead atoms. The fraction of sp³-hybridized carbons (Fsp3) is 0.235. The van der Waals surface area contributed by atoms with Crippen LogP contribution in [0.25, 0.3) is 0 Å². The number of nitro benzene ring substituents is 1. The van der Waals surface area contributed by atoms with E-state index in [4.69, 9.17) is 0 Å². The Morgan fingerprint density at radius 1 is 1.13 bits per heavy atom. The number of halogens is 1. The molecular formula is C17H17IN2O3. The summed E-state index contributed by atoms with van der Waals surface area (Å²) in [6, 6.07) is 16.1. The van der Waals surface area contributed by atoms with Gasteiger partial charge < -0.3 is 5.32 Å². The van der Waals surface area contributed by atoms with Crippen LogP contribution in [-0.4, -0.2) is 21.8 Å². The van der Waals surface area contributed by atoms with Gasteiger partial charge in [-0.3, -0.25) is 14.9 Å². The second-order valence-corrected chi connectivity index (χ2v) is 5.96. The predicted octanol–water partition coefficient (Wildman–Crippen LogP) is 3.47. The highest BCUT2D eigenvalue weighted by Crippen LogP contribution is 2.18. The number of carbonyl (C=O) groups is 1. The van der Waals surface area contributed by atoms with Crippen molar-refractivity contribution in [1.29, 1.82) is 0 Å². The topological polar surface area (TPSA) is 72.2 Å². The Morgan fingerprint density at radius 2 is 1.78 bits per heavy atom. The van der Waals surface area contributed by atoms with E-state index < -0.39 is 4.92 Å². The fourth-order valence-electron chi connectivity index (χ4n) is 2.23. The van der Waals surface area contributed by atoms with E-state index in [1.165, 1.54) is 12.1 Å². The van der Waals surface area contributed by atoms with E-state index in [0.29, 0.717) is 17.4 Å². The predicted molar refractivity (Wildman–Crippen MR) is 97.9 cm³/mol. The van der Waals surface area contributed by atoms with Crippen molar-refractivity contribution < 1.29 is 9.72 Å². The molecule has 0 heterocycles. The smallest absolute Gasteiger partial charge is 0.269 e. The Bertz CT molecular complexity index is 659. The molecule has 6 heteroatoms. The highest BCUT2D eigenvalue weighted by Gasteiger charge is 2.18. The molecule has 0 saturated heterocycles. The maximum atomic E-state index is 12.3. The number of hydrogen-bond acceptors (Lipinski definition) is 3. The number of rotatable bonds is 7. The highest BCUT2D eigenvalue weighted by atomic mass is 127. The molecule has 1 N–H and O–H groups in total. The third-order valence-electron chi connectivity index (χ3n) is 3.53. The number of nitrogens with zero attached hydrogens (tertiary/aromatic N) is 1. The normalized spacial score (nSPS) is 11.7. The van der Waals surface area contributed by atoms with Crippen molar-refractivity contribution in [2.75, 3.05) is 11.0 Å². The van der Waals surface area contributed by atoms with Crippen LogP contribution in [0.4, 0.5) is 5.69 Å². The maximum Gasteiger partial charge on any atom is 0.269 e. The minimum atomic E-state index is -0.420. The minimum absolute atomic E-state index is 0.00696. The van der Waals surface area contributed by atoms with Crippen LogP contribution >= 0.6 is 22.6 Å². The fourth-order valence-corrected chi connectivity index (χ4v) is 3.14. The number of nitro groups is 1. The first kappa shape index (κ1) is 17.4. The zero-order chi connectivity index (χ0) is 16.7. The van der Waals surface area contributed by atoms with Crippen LogP contribution < -0.4 is 5.32 Å². The number of nitrogens with one attached hydrogen (secondary N) is 1. The molecule has 1 amide bonds. The van der Waals surface area contributed by atoms with Gasteiger partial charge in [0.15, 0.2) is 0 Å². The zero-order valence-electron chi connectivity index (χ0n) is 12.4. The molecule has 2 rings (SSSR count). The average Bonchev–Trinajstić information content (AvgIpc) is 2.57. The Hall–Kier alpha value is -1.96. The standard InChI is InChI=1S/C17H17IN2O3/c18-12-16(14-4-2-1-3-5-14)17(21)19-11-10-13-6-8-15(9-7-13)20(22)23/h1-9,16H,10-12H2,(H,19,21). The molecule has 5 nitrogen and oxygen atoms in total. The Balaban J connectivity index is 1.87. The maximum absolute atomic E-state index is 12.3. The van der Waals surface area contributed by atoms with E-state index in [0.717, 1.165) is 11.1 Å². The van der Waals surface area contributed by atoms with Crippen molar-refractivity contribution in [1.82, 2.24) is 5.32 Å². The molecule has 0 aliphatic rings. The zero-order valence-corrected chi connectivity index (χ0v) is 14.6. The molecule has 0 aromatic heterocycles. The molecule has 120 valence electrons. The molecule has 2 aromatic carbocycles. The van der Waals surface area contributed by atoms with Crippen LogP contribution in [0.5, 0.6) is 0 Å². The summed E-state index contributed by atoms with van der Waals surface area (Å²) < 4.78 is 0.713. The highest BCUT2D eigenvalue weighted by molar-refractivity contribution is 14.1. The van der Waals surface area contributed by atoms with E-state index in [9.17, 15) is 14.9 Å². The molecule has 0 aliphatic carbocycles. The van der Waals surface area contributed by atoms with Crippen LogP contribution in [0.3, 0.4) is 0 Å². The molecule has 0 spiro atoms. The summed E-state index contributed by atoms with van der Waals surface area (Å²) in [5, 5.41) is 13.5. The Kier molecular flexibility index (Phi) is 6.52. The first-order valence-corrected chi connectivity index (χ1v) is 8.76. The van der Waals surface area contributed by atoms with Gasteiger partial charge in [0, 0.05) is 23.1 Å². The van der Waals surface area contributed by atoms with Gasteiger partial charge in [-0.05, 0) is 17.5 Å². The van der Waals surface area contributed by atoms with Crippen molar-refractivity contribution in [2.24, 2.45) is 0 Å². The van der Waals surface area contributed by atoms with Crippen LogP contribution in [0.1, 0.15) is 17.0 Å². The molecule has 23 heavy (non-hydrogen) atoms. The number of amides is 1. The second-order valence-electron chi connectivity index (χ2n) is 5.08. The Morgan fingerprint density at radius 3 is 2.35 bits per heavy atom. The van der Waals surface area contributed by atoms with E-state index in [2.05, 4.69) is 27.9 Å². The first-order chi connectivity index (χ1) is 11.1. The summed E-state index contributed by atoms with van der Waals surface area (Å²) in [7, 11) is 0. The van der Waals surface area contributed by atoms with Crippen molar-refractivity contribution >= 4 is 34.2 Å².